The summed E-state index contributed by atoms with van der Waals surface area (Å²) in [5.41, 5.74) is 1.83. The first-order valence-corrected chi connectivity index (χ1v) is 6.93. The molecule has 0 radical (unpaired) electrons. The van der Waals surface area contributed by atoms with E-state index in [0.717, 1.165) is 49.5 Å². The minimum atomic E-state index is -0.899. The largest absolute Gasteiger partial charge is 0.478 e. The number of benzene rings is 1. The molecule has 3 rings (SSSR count). The van der Waals surface area contributed by atoms with Crippen LogP contribution >= 0.6 is 0 Å². The number of nitrogens with zero attached hydrogens (tertiary/aromatic N) is 2. The zero-order chi connectivity index (χ0) is 14.1. The van der Waals surface area contributed by atoms with Gasteiger partial charge in [-0.1, -0.05) is 6.07 Å². The average molecular weight is 274 g/mol. The van der Waals surface area contributed by atoms with Crippen molar-refractivity contribution in [2.24, 2.45) is 5.92 Å². The van der Waals surface area contributed by atoms with Crippen molar-refractivity contribution in [1.29, 1.82) is 0 Å². The minimum Gasteiger partial charge on any atom is -0.478 e. The number of ether oxygens (including phenoxy) is 1. The van der Waals surface area contributed by atoms with Gasteiger partial charge >= 0.3 is 5.97 Å². The van der Waals surface area contributed by atoms with E-state index >= 15 is 0 Å². The number of aromatic carboxylic acids is 1. The Morgan fingerprint density at radius 3 is 2.90 bits per heavy atom. The molecule has 1 aliphatic rings. The number of carbonyl (C=O) groups is 1. The Hall–Kier alpha value is -1.88. The van der Waals surface area contributed by atoms with Gasteiger partial charge in [-0.3, -0.25) is 0 Å². The lowest BCUT2D eigenvalue weighted by Gasteiger charge is -2.23. The molecule has 1 aromatic carbocycles. The van der Waals surface area contributed by atoms with Crippen molar-refractivity contribution >= 4 is 17.0 Å². The summed E-state index contributed by atoms with van der Waals surface area (Å²) in [7, 11) is 0. The van der Waals surface area contributed by atoms with Crippen LogP contribution in [0.3, 0.4) is 0 Å². The highest BCUT2D eigenvalue weighted by Crippen LogP contribution is 2.24. The van der Waals surface area contributed by atoms with Gasteiger partial charge in [0.2, 0.25) is 0 Å². The standard InChI is InChI=1S/C15H18N2O3/c1-10-16-13-4-2-3-12(15(18)19)14(13)17(10)9-11-5-7-20-8-6-11/h2-4,11H,5-9H2,1H3,(H,18,19). The molecule has 2 heterocycles. The molecule has 0 atom stereocenters. The van der Waals surface area contributed by atoms with E-state index in [1.807, 2.05) is 13.0 Å². The summed E-state index contributed by atoms with van der Waals surface area (Å²) < 4.78 is 7.43. The van der Waals surface area contributed by atoms with E-state index in [1.165, 1.54) is 0 Å². The number of hydrogen-bond donors (Lipinski definition) is 1. The number of fused-ring (bicyclic) bond motifs is 1. The quantitative estimate of drug-likeness (QED) is 0.933. The van der Waals surface area contributed by atoms with Crippen LogP contribution in [0.4, 0.5) is 0 Å². The molecule has 0 aliphatic carbocycles. The Morgan fingerprint density at radius 1 is 1.45 bits per heavy atom. The zero-order valence-electron chi connectivity index (χ0n) is 11.5. The number of carboxylic acid groups (broad SMARTS) is 1. The van der Waals surface area contributed by atoms with Crippen LogP contribution in [0.25, 0.3) is 11.0 Å². The summed E-state index contributed by atoms with van der Waals surface area (Å²) in [5.74, 6) is 0.505. The van der Waals surface area contributed by atoms with Crippen LogP contribution in [-0.2, 0) is 11.3 Å². The summed E-state index contributed by atoms with van der Waals surface area (Å²) in [6.45, 7) is 4.34. The highest BCUT2D eigenvalue weighted by Gasteiger charge is 2.20. The molecule has 106 valence electrons. The maximum atomic E-state index is 11.4. The van der Waals surface area contributed by atoms with Crippen molar-refractivity contribution in [1.82, 2.24) is 9.55 Å². The second kappa shape index (κ2) is 5.25. The fourth-order valence-electron chi connectivity index (χ4n) is 2.88. The molecule has 1 fully saturated rings. The normalized spacial score (nSPS) is 16.6. The number of aryl methyl sites for hydroxylation is 1. The van der Waals surface area contributed by atoms with Gasteiger partial charge in [-0.2, -0.15) is 0 Å². The number of hydrogen-bond acceptors (Lipinski definition) is 3. The van der Waals surface area contributed by atoms with Gasteiger partial charge in [0, 0.05) is 19.8 Å². The average Bonchev–Trinajstić information content (AvgIpc) is 2.76. The van der Waals surface area contributed by atoms with Gasteiger partial charge in [-0.05, 0) is 37.8 Å². The molecule has 1 aliphatic heterocycles. The second-order valence-corrected chi connectivity index (χ2v) is 5.30. The zero-order valence-corrected chi connectivity index (χ0v) is 11.5. The van der Waals surface area contributed by atoms with Gasteiger partial charge in [-0.15, -0.1) is 0 Å². The van der Waals surface area contributed by atoms with E-state index in [2.05, 4.69) is 9.55 Å². The van der Waals surface area contributed by atoms with Crippen molar-refractivity contribution < 1.29 is 14.6 Å². The van der Waals surface area contributed by atoms with Crippen LogP contribution in [0.15, 0.2) is 18.2 Å². The molecule has 0 amide bonds. The van der Waals surface area contributed by atoms with Gasteiger partial charge in [0.15, 0.2) is 0 Å². The first-order valence-electron chi connectivity index (χ1n) is 6.93. The third-order valence-electron chi connectivity index (χ3n) is 3.97. The molecule has 2 aromatic rings. The summed E-state index contributed by atoms with van der Waals surface area (Å²) >= 11 is 0. The van der Waals surface area contributed by atoms with Crippen molar-refractivity contribution in [2.75, 3.05) is 13.2 Å². The van der Waals surface area contributed by atoms with E-state index in [-0.39, 0.29) is 0 Å². The Morgan fingerprint density at radius 2 is 2.20 bits per heavy atom. The highest BCUT2D eigenvalue weighted by molar-refractivity contribution is 6.01. The molecule has 1 aromatic heterocycles. The Bertz CT molecular complexity index is 642. The Balaban J connectivity index is 2.04. The minimum absolute atomic E-state index is 0.329. The molecule has 1 saturated heterocycles. The lowest BCUT2D eigenvalue weighted by Crippen LogP contribution is -2.21. The van der Waals surface area contributed by atoms with Crippen LogP contribution < -0.4 is 0 Å². The lowest BCUT2D eigenvalue weighted by molar-refractivity contribution is 0.0612. The van der Waals surface area contributed by atoms with E-state index < -0.39 is 5.97 Å². The number of aromatic nitrogens is 2. The third-order valence-corrected chi connectivity index (χ3v) is 3.97. The fraction of sp³-hybridized carbons (Fsp3) is 0.467. The number of rotatable bonds is 3. The van der Waals surface area contributed by atoms with Gasteiger partial charge < -0.3 is 14.4 Å². The molecule has 0 spiro atoms. The molecule has 0 unspecified atom stereocenters. The Labute approximate surface area is 117 Å². The van der Waals surface area contributed by atoms with Gasteiger partial charge in [0.1, 0.15) is 5.82 Å². The summed E-state index contributed by atoms with van der Waals surface area (Å²) in [5, 5.41) is 9.36. The molecular formula is C15H18N2O3. The topological polar surface area (TPSA) is 64.3 Å². The van der Waals surface area contributed by atoms with E-state index in [4.69, 9.17) is 4.74 Å². The highest BCUT2D eigenvalue weighted by atomic mass is 16.5. The number of para-hydroxylation sites is 1. The van der Waals surface area contributed by atoms with Gasteiger partial charge in [0.05, 0.1) is 16.6 Å². The van der Waals surface area contributed by atoms with Crippen LogP contribution in [0.2, 0.25) is 0 Å². The van der Waals surface area contributed by atoms with Crippen LogP contribution in [0, 0.1) is 12.8 Å². The van der Waals surface area contributed by atoms with Crippen LogP contribution in [0.1, 0.15) is 29.0 Å². The third kappa shape index (κ3) is 2.29. The molecule has 5 nitrogen and oxygen atoms in total. The predicted molar refractivity (Wildman–Crippen MR) is 75.0 cm³/mol. The monoisotopic (exact) mass is 274 g/mol. The van der Waals surface area contributed by atoms with E-state index in [1.54, 1.807) is 12.1 Å². The van der Waals surface area contributed by atoms with E-state index in [9.17, 15) is 9.90 Å². The molecule has 20 heavy (non-hydrogen) atoms. The summed E-state index contributed by atoms with van der Waals surface area (Å²) in [6.07, 6.45) is 2.04. The maximum Gasteiger partial charge on any atom is 0.337 e. The maximum absolute atomic E-state index is 11.4. The molecule has 0 saturated carbocycles. The van der Waals surface area contributed by atoms with Gasteiger partial charge in [-0.25, -0.2) is 9.78 Å². The van der Waals surface area contributed by atoms with Crippen molar-refractivity contribution in [3.8, 4) is 0 Å². The molecule has 0 bridgehead atoms. The van der Waals surface area contributed by atoms with E-state index in [0.29, 0.717) is 11.5 Å². The van der Waals surface area contributed by atoms with Gasteiger partial charge in [0.25, 0.3) is 0 Å². The number of imidazole rings is 1. The molecule has 5 heteroatoms. The van der Waals surface area contributed by atoms with Crippen molar-refractivity contribution in [2.45, 2.75) is 26.3 Å². The second-order valence-electron chi connectivity index (χ2n) is 5.30. The van der Waals surface area contributed by atoms with Crippen LogP contribution in [0.5, 0.6) is 0 Å². The number of carboxylic acids is 1. The van der Waals surface area contributed by atoms with Crippen molar-refractivity contribution in [3.63, 3.8) is 0 Å². The predicted octanol–water partition coefficient (Wildman–Crippen LogP) is 2.47. The smallest absolute Gasteiger partial charge is 0.337 e. The molecular weight excluding hydrogens is 256 g/mol. The lowest BCUT2D eigenvalue weighted by atomic mass is 10.00. The molecule has 1 N–H and O–H groups in total. The first kappa shape index (κ1) is 13.1. The summed E-state index contributed by atoms with van der Waals surface area (Å²) in [6, 6.07) is 5.26. The van der Waals surface area contributed by atoms with Crippen molar-refractivity contribution in [3.05, 3.63) is 29.6 Å². The SMILES string of the molecule is Cc1nc2cccc(C(=O)O)c2n1CC1CCOCC1. The Kier molecular flexibility index (Phi) is 3.44. The van der Waals surface area contributed by atoms with Crippen LogP contribution in [-0.4, -0.2) is 33.8 Å². The summed E-state index contributed by atoms with van der Waals surface area (Å²) in [4.78, 5) is 15.9. The fourth-order valence-corrected chi connectivity index (χ4v) is 2.88. The first-order chi connectivity index (χ1) is 9.66.